The predicted molar refractivity (Wildman–Crippen MR) is 133 cm³/mol. The molecule has 156 valence electrons. The van der Waals surface area contributed by atoms with Gasteiger partial charge in [0.25, 0.3) is 0 Å². The summed E-state index contributed by atoms with van der Waals surface area (Å²) in [5.74, 6) is 0.406. The quantitative estimate of drug-likeness (QED) is 0.225. The van der Waals surface area contributed by atoms with Crippen LogP contribution in [0.2, 0.25) is 0 Å². The van der Waals surface area contributed by atoms with E-state index in [2.05, 4.69) is 67.3 Å². The van der Waals surface area contributed by atoms with Crippen molar-refractivity contribution in [2.45, 2.75) is 58.7 Å². The average Bonchev–Trinajstić information content (AvgIpc) is 2.65. The van der Waals surface area contributed by atoms with Gasteiger partial charge in [-0.25, -0.2) is 0 Å². The second-order valence-corrected chi connectivity index (χ2v) is 8.67. The van der Waals surface area contributed by atoms with Crippen LogP contribution in [-0.2, 0) is 0 Å². The van der Waals surface area contributed by atoms with Crippen LogP contribution in [-0.4, -0.2) is 11.9 Å². The molecule has 0 saturated heterocycles. The zero-order valence-electron chi connectivity index (χ0n) is 18.4. The lowest BCUT2D eigenvalue weighted by molar-refractivity contribution is 0.737. The average molecular weight is 467 g/mol. The van der Waals surface area contributed by atoms with Gasteiger partial charge >= 0.3 is 0 Å². The van der Waals surface area contributed by atoms with Crippen LogP contribution in [0.4, 0.5) is 0 Å². The maximum atomic E-state index is 6.70. The first-order chi connectivity index (χ1) is 13.3. The molecule has 1 N–H and O–H groups in total. The first-order valence-electron chi connectivity index (χ1n) is 10.0. The second kappa shape index (κ2) is 14.7. The third-order valence-electron chi connectivity index (χ3n) is 4.45. The lowest BCUT2D eigenvalue weighted by Gasteiger charge is -2.21. The molecule has 0 saturated carbocycles. The van der Waals surface area contributed by atoms with Gasteiger partial charge in [0.1, 0.15) is 0 Å². The maximum Gasteiger partial charge on any atom is 0.0495 e. The van der Waals surface area contributed by atoms with Crippen molar-refractivity contribution in [1.29, 1.82) is 0 Å². The van der Waals surface area contributed by atoms with E-state index < -0.39 is 0 Å². The topological polar surface area (TPSA) is 12.0 Å². The zero-order valence-corrected chi connectivity index (χ0v) is 20.8. The molecule has 0 aliphatic heterocycles. The highest BCUT2D eigenvalue weighted by Gasteiger charge is 2.18. The van der Waals surface area contributed by atoms with Gasteiger partial charge in [0, 0.05) is 28.2 Å². The molecule has 0 aromatic rings. The fourth-order valence-corrected chi connectivity index (χ4v) is 3.99. The molecule has 28 heavy (non-hydrogen) atoms. The molecule has 0 rings (SSSR count). The van der Waals surface area contributed by atoms with Crippen molar-refractivity contribution in [3.8, 4) is 0 Å². The lowest BCUT2D eigenvalue weighted by Crippen LogP contribution is -2.15. The van der Waals surface area contributed by atoms with Gasteiger partial charge in [0.15, 0.2) is 0 Å². The third-order valence-corrected chi connectivity index (χ3v) is 5.57. The molecule has 0 radical (unpaired) electrons. The van der Waals surface area contributed by atoms with Crippen LogP contribution >= 0.6 is 27.5 Å². The van der Waals surface area contributed by atoms with Crippen LogP contribution in [0, 0.1) is 5.92 Å². The van der Waals surface area contributed by atoms with Crippen molar-refractivity contribution in [2.75, 3.05) is 7.05 Å². The fourth-order valence-electron chi connectivity index (χ4n) is 2.98. The molecule has 0 spiro atoms. The van der Waals surface area contributed by atoms with Crippen LogP contribution in [0.5, 0.6) is 0 Å². The molecule has 0 amide bonds. The Kier molecular flexibility index (Phi) is 14.0. The van der Waals surface area contributed by atoms with E-state index in [4.69, 9.17) is 11.6 Å². The Morgan fingerprint density at radius 3 is 2.32 bits per heavy atom. The van der Waals surface area contributed by atoms with Gasteiger partial charge in [-0.3, -0.25) is 0 Å². The summed E-state index contributed by atoms with van der Waals surface area (Å²) >= 11 is 10.5. The highest BCUT2D eigenvalue weighted by atomic mass is 79.9. The monoisotopic (exact) mass is 465 g/mol. The zero-order chi connectivity index (χ0) is 21.7. The standard InChI is InChI=1S/C25H37BrClN/c1-9-13-21(14-10-2)23(17-22(26)15-11-3)25(28-8)19(7)24(27)16-20(12-4)18(5)6/h9-10,12-14,16,18,22,28H,1,7,11,15,17H2,2-6,8H3/b14-10-,20-12+,21-13+,24-16+,25-23+. The van der Waals surface area contributed by atoms with Gasteiger partial charge in [-0.1, -0.05) is 98.3 Å². The van der Waals surface area contributed by atoms with Crippen molar-refractivity contribution in [3.63, 3.8) is 0 Å². The molecule has 1 nitrogen and oxygen atoms in total. The molecule has 0 bridgehead atoms. The number of hydrogen-bond donors (Lipinski definition) is 1. The predicted octanol–water partition coefficient (Wildman–Crippen LogP) is 8.38. The van der Waals surface area contributed by atoms with Crippen LogP contribution in [0.15, 0.2) is 82.6 Å². The number of hydrogen-bond acceptors (Lipinski definition) is 1. The van der Waals surface area contributed by atoms with Gasteiger partial charge in [-0.15, -0.1) is 0 Å². The Bertz CT molecular complexity index is 675. The van der Waals surface area contributed by atoms with Crippen LogP contribution in [0.3, 0.4) is 0 Å². The van der Waals surface area contributed by atoms with Gasteiger partial charge < -0.3 is 5.32 Å². The van der Waals surface area contributed by atoms with E-state index in [0.717, 1.165) is 36.1 Å². The van der Waals surface area contributed by atoms with Crippen LogP contribution in [0.25, 0.3) is 0 Å². The maximum absolute atomic E-state index is 6.70. The summed E-state index contributed by atoms with van der Waals surface area (Å²) in [7, 11) is 1.92. The molecule has 3 heteroatoms. The summed E-state index contributed by atoms with van der Waals surface area (Å²) in [6, 6.07) is 0. The Balaban J connectivity index is 6.41. The van der Waals surface area contributed by atoms with Gasteiger partial charge in [0.2, 0.25) is 0 Å². The van der Waals surface area contributed by atoms with E-state index in [9.17, 15) is 0 Å². The van der Waals surface area contributed by atoms with E-state index in [0.29, 0.717) is 15.8 Å². The molecule has 0 aromatic carbocycles. The largest absolute Gasteiger partial charge is 0.387 e. The molecule has 1 unspecified atom stereocenters. The first kappa shape index (κ1) is 26.8. The van der Waals surface area contributed by atoms with Crippen molar-refractivity contribution < 1.29 is 0 Å². The molecule has 0 aromatic heterocycles. The number of nitrogens with one attached hydrogen (secondary N) is 1. The number of likely N-dealkylation sites (N-methyl/N-ethyl adjacent to an activating group) is 1. The number of alkyl halides is 1. The highest BCUT2D eigenvalue weighted by molar-refractivity contribution is 9.09. The second-order valence-electron chi connectivity index (χ2n) is 6.97. The molecular formula is C25H37BrClN. The molecule has 0 fully saturated rings. The highest BCUT2D eigenvalue weighted by Crippen LogP contribution is 2.32. The molecule has 0 aliphatic rings. The minimum absolute atomic E-state index is 0.381. The summed E-state index contributed by atoms with van der Waals surface area (Å²) in [5, 5.41) is 4.01. The van der Waals surface area contributed by atoms with E-state index in [-0.39, 0.29) is 0 Å². The van der Waals surface area contributed by atoms with E-state index >= 15 is 0 Å². The summed E-state index contributed by atoms with van der Waals surface area (Å²) in [6.07, 6.45) is 15.2. The first-order valence-corrected chi connectivity index (χ1v) is 11.3. The van der Waals surface area contributed by atoms with Crippen LogP contribution < -0.4 is 5.32 Å². The number of halogens is 2. The SMILES string of the molecule is C=C/C=C(\C=C/C)C(/CC(Br)CCC)=C(/NC)C(=C)/C(Cl)=C\C(=C/C)C(C)C. The summed E-state index contributed by atoms with van der Waals surface area (Å²) in [6.45, 7) is 18.8. The Labute approximate surface area is 186 Å². The third kappa shape index (κ3) is 8.84. The normalized spacial score (nSPS) is 15.7. The van der Waals surface area contributed by atoms with Gasteiger partial charge in [-0.2, -0.15) is 0 Å². The van der Waals surface area contributed by atoms with Crippen molar-refractivity contribution in [2.24, 2.45) is 5.92 Å². The molecular weight excluding hydrogens is 430 g/mol. The van der Waals surface area contributed by atoms with Crippen molar-refractivity contribution in [1.82, 2.24) is 5.32 Å². The van der Waals surface area contributed by atoms with Gasteiger partial charge in [-0.05, 0) is 55.4 Å². The van der Waals surface area contributed by atoms with E-state index in [1.807, 2.05) is 45.2 Å². The van der Waals surface area contributed by atoms with Crippen LogP contribution in [0.1, 0.15) is 53.9 Å². The molecule has 0 heterocycles. The number of allylic oxidation sites excluding steroid dienone is 10. The smallest absolute Gasteiger partial charge is 0.0495 e. The van der Waals surface area contributed by atoms with Crippen molar-refractivity contribution in [3.05, 3.63) is 82.6 Å². The fraction of sp³-hybridized carbons (Fsp3) is 0.440. The Hall–Kier alpha value is -1.25. The summed E-state index contributed by atoms with van der Waals surface area (Å²) < 4.78 is 0. The number of rotatable bonds is 12. The Morgan fingerprint density at radius 1 is 1.25 bits per heavy atom. The Morgan fingerprint density at radius 2 is 1.89 bits per heavy atom. The molecule has 0 aliphatic carbocycles. The van der Waals surface area contributed by atoms with E-state index in [1.165, 1.54) is 11.1 Å². The summed E-state index contributed by atoms with van der Waals surface area (Å²) in [4.78, 5) is 0.381. The minimum atomic E-state index is 0.381. The van der Waals surface area contributed by atoms with Gasteiger partial charge in [0.05, 0.1) is 0 Å². The van der Waals surface area contributed by atoms with Crippen molar-refractivity contribution >= 4 is 27.5 Å². The summed E-state index contributed by atoms with van der Waals surface area (Å²) in [5.41, 5.74) is 5.26. The minimum Gasteiger partial charge on any atom is -0.387 e. The van der Waals surface area contributed by atoms with E-state index in [1.54, 1.807) is 0 Å². The molecule has 1 atom stereocenters. The lowest BCUT2D eigenvalue weighted by atomic mass is 9.93.